The fraction of sp³-hybridized carbons (Fsp3) is 0.385. The number of aliphatic hydroxyl groups excluding tert-OH is 1. The molecular formula is C13H15BrO4. The van der Waals surface area contributed by atoms with Crippen LogP contribution >= 0.6 is 15.9 Å². The molecular weight excluding hydrogens is 300 g/mol. The Morgan fingerprint density at radius 3 is 2.67 bits per heavy atom. The summed E-state index contributed by atoms with van der Waals surface area (Å²) in [5.74, 6) is -0.516. The van der Waals surface area contributed by atoms with E-state index in [0.717, 1.165) is 0 Å². The van der Waals surface area contributed by atoms with Crippen molar-refractivity contribution in [1.29, 1.82) is 0 Å². The minimum Gasteiger partial charge on any atom is -0.462 e. The molecule has 5 heteroatoms. The Morgan fingerprint density at radius 2 is 2.11 bits per heavy atom. The lowest BCUT2D eigenvalue weighted by atomic mass is 10.0. The average Bonchev–Trinajstić information content (AvgIpc) is 2.38. The van der Waals surface area contributed by atoms with E-state index >= 15 is 0 Å². The second kappa shape index (κ2) is 7.28. The van der Waals surface area contributed by atoms with Crippen molar-refractivity contribution in [2.75, 3.05) is 11.9 Å². The molecule has 98 valence electrons. The summed E-state index contributed by atoms with van der Waals surface area (Å²) in [6.45, 7) is 1.68. The van der Waals surface area contributed by atoms with Gasteiger partial charge in [-0.15, -0.1) is 0 Å². The molecule has 1 rings (SSSR count). The highest BCUT2D eigenvalue weighted by molar-refractivity contribution is 9.09. The number of esters is 1. The monoisotopic (exact) mass is 314 g/mol. The smallest absolute Gasteiger partial charge is 0.338 e. The van der Waals surface area contributed by atoms with Gasteiger partial charge in [0, 0.05) is 17.3 Å². The maximum absolute atomic E-state index is 11.7. The fourth-order valence-corrected chi connectivity index (χ4v) is 1.90. The highest BCUT2D eigenvalue weighted by atomic mass is 79.9. The van der Waals surface area contributed by atoms with E-state index in [1.165, 1.54) is 12.1 Å². The summed E-state index contributed by atoms with van der Waals surface area (Å²) in [4.78, 5) is 23.3. The predicted octanol–water partition coefficient (Wildman–Crippen LogP) is 2.32. The molecule has 4 nitrogen and oxygen atoms in total. The first-order valence-electron chi connectivity index (χ1n) is 5.64. The molecule has 1 aromatic carbocycles. The first-order valence-corrected chi connectivity index (χ1v) is 6.76. The number of alkyl halides is 1. The Kier molecular flexibility index (Phi) is 6.01. The lowest BCUT2D eigenvalue weighted by Crippen LogP contribution is -2.10. The minimum atomic E-state index is -0.485. The number of ether oxygens (including phenoxy) is 1. The van der Waals surface area contributed by atoms with E-state index in [2.05, 4.69) is 15.9 Å². The molecule has 0 saturated carbocycles. The van der Waals surface area contributed by atoms with E-state index in [1.807, 2.05) is 0 Å². The van der Waals surface area contributed by atoms with Crippen molar-refractivity contribution in [3.05, 3.63) is 34.9 Å². The van der Waals surface area contributed by atoms with Gasteiger partial charge in [0.15, 0.2) is 5.78 Å². The Bertz CT molecular complexity index is 443. The van der Waals surface area contributed by atoms with Crippen LogP contribution in [0.15, 0.2) is 18.2 Å². The lowest BCUT2D eigenvalue weighted by Gasteiger charge is -2.08. The van der Waals surface area contributed by atoms with Crippen LogP contribution in [-0.4, -0.2) is 28.8 Å². The van der Waals surface area contributed by atoms with Gasteiger partial charge in [-0.2, -0.15) is 0 Å². The number of Topliss-reactive ketones (excluding diaryl/α,β-unsaturated/α-hetero) is 1. The van der Waals surface area contributed by atoms with Gasteiger partial charge >= 0.3 is 5.97 Å². The third-order valence-electron chi connectivity index (χ3n) is 2.41. The number of aliphatic hydroxyl groups is 1. The van der Waals surface area contributed by atoms with Crippen LogP contribution in [0.3, 0.4) is 0 Å². The quantitative estimate of drug-likeness (QED) is 0.497. The summed E-state index contributed by atoms with van der Waals surface area (Å²) in [7, 11) is 0. The number of hydrogen-bond donors (Lipinski definition) is 1. The predicted molar refractivity (Wildman–Crippen MR) is 71.1 cm³/mol. The van der Waals surface area contributed by atoms with Gasteiger partial charge in [0.1, 0.15) is 0 Å². The molecule has 0 aliphatic rings. The van der Waals surface area contributed by atoms with Crippen LogP contribution in [-0.2, 0) is 11.3 Å². The Balaban J connectivity index is 3.03. The van der Waals surface area contributed by atoms with E-state index in [1.54, 1.807) is 13.0 Å². The van der Waals surface area contributed by atoms with Gasteiger partial charge in [-0.25, -0.2) is 4.79 Å². The maximum atomic E-state index is 11.7. The number of halogens is 1. The molecule has 0 fully saturated rings. The van der Waals surface area contributed by atoms with Gasteiger partial charge < -0.3 is 9.84 Å². The van der Waals surface area contributed by atoms with E-state index < -0.39 is 5.97 Å². The molecule has 0 atom stereocenters. The molecule has 0 heterocycles. The SMILES string of the molecule is CCOC(=O)c1ccc(C(=O)CCBr)cc1CO. The number of hydrogen-bond acceptors (Lipinski definition) is 4. The average molecular weight is 315 g/mol. The van der Waals surface area contributed by atoms with Crippen LogP contribution in [0.5, 0.6) is 0 Å². The molecule has 1 aromatic rings. The first kappa shape index (κ1) is 14.9. The molecule has 0 bridgehead atoms. The zero-order valence-electron chi connectivity index (χ0n) is 10.1. The molecule has 0 aliphatic heterocycles. The van der Waals surface area contributed by atoms with Crippen molar-refractivity contribution in [1.82, 2.24) is 0 Å². The molecule has 0 radical (unpaired) electrons. The summed E-state index contributed by atoms with van der Waals surface area (Å²) in [6.07, 6.45) is 0.379. The van der Waals surface area contributed by atoms with Gasteiger partial charge in [-0.3, -0.25) is 4.79 Å². The lowest BCUT2D eigenvalue weighted by molar-refractivity contribution is 0.0522. The number of ketones is 1. The third kappa shape index (κ3) is 3.65. The van der Waals surface area contributed by atoms with Crippen molar-refractivity contribution in [2.45, 2.75) is 20.0 Å². The van der Waals surface area contributed by atoms with Gasteiger partial charge in [-0.1, -0.05) is 22.0 Å². The summed E-state index contributed by atoms with van der Waals surface area (Å²) in [5.41, 5.74) is 1.20. The second-order valence-electron chi connectivity index (χ2n) is 3.61. The van der Waals surface area contributed by atoms with E-state index in [4.69, 9.17) is 4.74 Å². The second-order valence-corrected chi connectivity index (χ2v) is 4.41. The number of rotatable bonds is 6. The normalized spacial score (nSPS) is 10.2. The zero-order valence-corrected chi connectivity index (χ0v) is 11.7. The zero-order chi connectivity index (χ0) is 13.5. The van der Waals surface area contributed by atoms with Crippen molar-refractivity contribution in [3.63, 3.8) is 0 Å². The molecule has 0 amide bonds. The molecule has 0 spiro atoms. The van der Waals surface area contributed by atoms with Gasteiger partial charge in [0.2, 0.25) is 0 Å². The first-order chi connectivity index (χ1) is 8.63. The molecule has 0 unspecified atom stereocenters. The highest BCUT2D eigenvalue weighted by Crippen LogP contribution is 2.15. The topological polar surface area (TPSA) is 63.6 Å². The number of carbonyl (C=O) groups is 2. The van der Waals surface area contributed by atoms with Crippen LogP contribution in [0.2, 0.25) is 0 Å². The molecule has 0 saturated heterocycles. The van der Waals surface area contributed by atoms with Crippen molar-refractivity contribution < 1.29 is 19.4 Å². The van der Waals surface area contributed by atoms with Crippen LogP contribution < -0.4 is 0 Å². The minimum absolute atomic E-state index is 0.0306. The van der Waals surface area contributed by atoms with Crippen molar-refractivity contribution in [3.8, 4) is 0 Å². The Labute approximate surface area is 114 Å². The van der Waals surface area contributed by atoms with E-state index in [9.17, 15) is 14.7 Å². The van der Waals surface area contributed by atoms with Gasteiger partial charge in [0.25, 0.3) is 0 Å². The van der Waals surface area contributed by atoms with Crippen molar-refractivity contribution in [2.24, 2.45) is 0 Å². The van der Waals surface area contributed by atoms with Gasteiger partial charge in [-0.05, 0) is 24.6 Å². The van der Waals surface area contributed by atoms with E-state index in [-0.39, 0.29) is 19.0 Å². The summed E-state index contributed by atoms with van der Waals surface area (Å²) in [6, 6.07) is 4.64. The third-order valence-corrected chi connectivity index (χ3v) is 2.81. The highest BCUT2D eigenvalue weighted by Gasteiger charge is 2.14. The van der Waals surface area contributed by atoms with Crippen LogP contribution in [0.1, 0.15) is 39.6 Å². The summed E-state index contributed by atoms with van der Waals surface area (Å²) >= 11 is 3.20. The summed E-state index contributed by atoms with van der Waals surface area (Å²) in [5, 5.41) is 9.83. The Morgan fingerprint density at radius 1 is 1.39 bits per heavy atom. The largest absolute Gasteiger partial charge is 0.462 e. The van der Waals surface area contributed by atoms with Crippen LogP contribution in [0.4, 0.5) is 0 Å². The fourth-order valence-electron chi connectivity index (χ4n) is 1.54. The van der Waals surface area contributed by atoms with Crippen LogP contribution in [0.25, 0.3) is 0 Å². The maximum Gasteiger partial charge on any atom is 0.338 e. The Hall–Kier alpha value is -1.20. The summed E-state index contributed by atoms with van der Waals surface area (Å²) < 4.78 is 4.88. The van der Waals surface area contributed by atoms with Crippen LogP contribution in [0, 0.1) is 0 Å². The van der Waals surface area contributed by atoms with Gasteiger partial charge in [0.05, 0.1) is 18.8 Å². The molecule has 18 heavy (non-hydrogen) atoms. The molecule has 0 aromatic heterocycles. The molecule has 1 N–H and O–H groups in total. The molecule has 0 aliphatic carbocycles. The standard InChI is InChI=1S/C13H15BrO4/c1-2-18-13(17)11-4-3-9(7-10(11)8-15)12(16)5-6-14/h3-4,7,15H,2,5-6,8H2,1H3. The number of carbonyl (C=O) groups excluding carboxylic acids is 2. The van der Waals surface area contributed by atoms with E-state index in [0.29, 0.717) is 28.4 Å². The number of benzene rings is 1. The van der Waals surface area contributed by atoms with Crippen molar-refractivity contribution >= 4 is 27.7 Å².